The molecule has 0 atom stereocenters. The van der Waals surface area contributed by atoms with Crippen LogP contribution in [0.3, 0.4) is 0 Å². The maximum absolute atomic E-state index is 13.3. The van der Waals surface area contributed by atoms with E-state index in [1.165, 1.54) is 31.2 Å². The van der Waals surface area contributed by atoms with Gasteiger partial charge in [-0.2, -0.15) is 26.3 Å². The summed E-state index contributed by atoms with van der Waals surface area (Å²) < 4.78 is 85.0. The van der Waals surface area contributed by atoms with Gasteiger partial charge in [-0.05, 0) is 31.2 Å². The van der Waals surface area contributed by atoms with Gasteiger partial charge in [0.05, 0.1) is 6.26 Å². The summed E-state index contributed by atoms with van der Waals surface area (Å²) >= 11 is 0. The summed E-state index contributed by atoms with van der Waals surface area (Å²) in [5.41, 5.74) is -4.24. The van der Waals surface area contributed by atoms with Crippen LogP contribution in [0.25, 0.3) is 0 Å². The van der Waals surface area contributed by atoms with Gasteiger partial charge in [0.15, 0.2) is 11.6 Å². The first-order valence-corrected chi connectivity index (χ1v) is 6.59. The summed E-state index contributed by atoms with van der Waals surface area (Å²) in [6.07, 6.45) is -6.54. The molecule has 2 aliphatic heterocycles. The van der Waals surface area contributed by atoms with Crippen molar-refractivity contribution in [2.75, 3.05) is 0 Å². The van der Waals surface area contributed by atoms with Crippen LogP contribution in [0.4, 0.5) is 26.3 Å². The molecule has 0 amide bonds. The molecule has 0 bridgehead atoms. The Hall–Kier alpha value is -2.52. The molecular formula is C14H9F6N3O. The largest absolute Gasteiger partial charge is 0.461 e. The molecule has 0 fully saturated rings. The average molecular weight is 349 g/mol. The van der Waals surface area contributed by atoms with Crippen LogP contribution in [0.5, 0.6) is 0 Å². The van der Waals surface area contributed by atoms with Crippen molar-refractivity contribution < 1.29 is 30.8 Å². The van der Waals surface area contributed by atoms with Crippen LogP contribution in [0, 0.1) is 0 Å². The third-order valence-corrected chi connectivity index (χ3v) is 3.45. The van der Waals surface area contributed by atoms with Gasteiger partial charge >= 0.3 is 18.0 Å². The van der Waals surface area contributed by atoms with Crippen LogP contribution >= 0.6 is 0 Å². The van der Waals surface area contributed by atoms with Gasteiger partial charge in [0.25, 0.3) is 0 Å². The Labute approximate surface area is 131 Å². The zero-order valence-corrected chi connectivity index (χ0v) is 12.0. The van der Waals surface area contributed by atoms with Gasteiger partial charge in [-0.1, -0.05) is 6.08 Å². The predicted octanol–water partition coefficient (Wildman–Crippen LogP) is 4.03. The summed E-state index contributed by atoms with van der Waals surface area (Å²) in [7, 11) is 0. The summed E-state index contributed by atoms with van der Waals surface area (Å²) in [4.78, 5) is 6.97. The number of rotatable bonds is 1. The Morgan fingerprint density at radius 2 is 1.75 bits per heavy atom. The number of amidine groups is 2. The second-order valence-electron chi connectivity index (χ2n) is 5.05. The van der Waals surface area contributed by atoms with E-state index >= 15 is 0 Å². The van der Waals surface area contributed by atoms with Gasteiger partial charge in [0.1, 0.15) is 5.84 Å². The van der Waals surface area contributed by atoms with Crippen molar-refractivity contribution in [2.24, 2.45) is 9.98 Å². The first-order valence-electron chi connectivity index (χ1n) is 6.59. The lowest BCUT2D eigenvalue weighted by Crippen LogP contribution is -2.59. The number of fused-ring (bicyclic) bond motifs is 1. The highest BCUT2D eigenvalue weighted by Crippen LogP contribution is 2.49. The van der Waals surface area contributed by atoms with E-state index in [2.05, 4.69) is 9.98 Å². The molecule has 0 aromatic carbocycles. The SMILES string of the molecule is CC1=CC=CC2=NC(C(F)(F)F)(C(F)(F)F)N=C(c3ccco3)N12. The minimum atomic E-state index is -5.77. The average Bonchev–Trinajstić information content (AvgIpc) is 2.98. The molecule has 1 aromatic rings. The van der Waals surface area contributed by atoms with E-state index in [9.17, 15) is 26.3 Å². The molecular weight excluding hydrogens is 340 g/mol. The zero-order chi connectivity index (χ0) is 17.8. The Bertz CT molecular complexity index is 753. The van der Waals surface area contributed by atoms with Crippen molar-refractivity contribution in [2.45, 2.75) is 24.9 Å². The number of nitrogens with zero attached hydrogens (tertiary/aromatic N) is 3. The van der Waals surface area contributed by atoms with Crippen molar-refractivity contribution in [3.05, 3.63) is 48.1 Å². The van der Waals surface area contributed by atoms with Gasteiger partial charge in [-0.15, -0.1) is 0 Å². The smallest absolute Gasteiger partial charge is 0.443 e. The quantitative estimate of drug-likeness (QED) is 0.718. The monoisotopic (exact) mass is 349 g/mol. The molecule has 2 aliphatic rings. The van der Waals surface area contributed by atoms with Gasteiger partial charge in [-0.3, -0.25) is 4.90 Å². The van der Waals surface area contributed by atoms with Gasteiger partial charge in [-0.25, -0.2) is 9.98 Å². The van der Waals surface area contributed by atoms with Crippen molar-refractivity contribution in [3.8, 4) is 0 Å². The lowest BCUT2D eigenvalue weighted by atomic mass is 10.1. The van der Waals surface area contributed by atoms with Gasteiger partial charge in [0, 0.05) is 5.70 Å². The highest BCUT2D eigenvalue weighted by atomic mass is 19.4. The van der Waals surface area contributed by atoms with Crippen molar-refractivity contribution >= 4 is 11.7 Å². The first-order chi connectivity index (χ1) is 11.1. The van der Waals surface area contributed by atoms with Crippen LogP contribution in [0.1, 0.15) is 12.7 Å². The van der Waals surface area contributed by atoms with E-state index in [4.69, 9.17) is 4.42 Å². The third-order valence-electron chi connectivity index (χ3n) is 3.45. The van der Waals surface area contributed by atoms with Crippen LogP contribution in [0.15, 0.2) is 56.7 Å². The number of furan rings is 1. The van der Waals surface area contributed by atoms with E-state index in [1.807, 2.05) is 0 Å². The van der Waals surface area contributed by atoms with E-state index in [1.54, 1.807) is 0 Å². The topological polar surface area (TPSA) is 41.1 Å². The highest BCUT2D eigenvalue weighted by molar-refractivity contribution is 6.15. The normalized spacial score (nSPS) is 20.3. The van der Waals surface area contributed by atoms with Crippen LogP contribution in [-0.2, 0) is 0 Å². The Morgan fingerprint density at radius 3 is 2.29 bits per heavy atom. The molecule has 24 heavy (non-hydrogen) atoms. The van der Waals surface area contributed by atoms with E-state index in [0.29, 0.717) is 5.70 Å². The highest BCUT2D eigenvalue weighted by Gasteiger charge is 2.74. The van der Waals surface area contributed by atoms with Crippen LogP contribution in [-0.4, -0.2) is 34.6 Å². The fourth-order valence-electron chi connectivity index (χ4n) is 2.35. The van der Waals surface area contributed by atoms with Crippen molar-refractivity contribution in [3.63, 3.8) is 0 Å². The number of halogens is 6. The predicted molar refractivity (Wildman–Crippen MR) is 72.3 cm³/mol. The first kappa shape index (κ1) is 16.3. The lowest BCUT2D eigenvalue weighted by Gasteiger charge is -2.39. The van der Waals surface area contributed by atoms with E-state index in [0.717, 1.165) is 17.2 Å². The zero-order valence-electron chi connectivity index (χ0n) is 12.0. The molecule has 3 heterocycles. The number of allylic oxidation sites excluding steroid dienone is 3. The molecule has 128 valence electrons. The van der Waals surface area contributed by atoms with Crippen molar-refractivity contribution in [1.82, 2.24) is 4.90 Å². The van der Waals surface area contributed by atoms with Crippen LogP contribution < -0.4 is 0 Å². The summed E-state index contributed by atoms with van der Waals surface area (Å²) in [5, 5.41) is 0. The number of hydrogen-bond acceptors (Lipinski definition) is 4. The Kier molecular flexibility index (Phi) is 3.40. The Balaban J connectivity index is 2.31. The standard InChI is InChI=1S/C14H9F6N3O/c1-8-4-2-6-10-21-12(13(15,16)17,14(18,19)20)22-11(23(8)10)9-5-3-7-24-9/h2-7H,1H3. The molecule has 0 N–H and O–H groups in total. The molecule has 0 spiro atoms. The molecule has 1 aromatic heterocycles. The maximum atomic E-state index is 13.3. The Morgan fingerprint density at radius 1 is 1.08 bits per heavy atom. The van der Waals surface area contributed by atoms with Gasteiger partial charge < -0.3 is 4.42 Å². The van der Waals surface area contributed by atoms with Gasteiger partial charge in [0.2, 0.25) is 0 Å². The molecule has 3 rings (SSSR count). The molecule has 0 radical (unpaired) electrons. The molecule has 0 aliphatic carbocycles. The molecule has 10 heteroatoms. The van der Waals surface area contributed by atoms with Crippen molar-refractivity contribution in [1.29, 1.82) is 0 Å². The minimum Gasteiger partial charge on any atom is -0.461 e. The number of alkyl halides is 6. The fraction of sp³-hybridized carbons (Fsp3) is 0.286. The number of aliphatic imine (C=N–C) groups is 2. The molecule has 0 saturated heterocycles. The second kappa shape index (κ2) is 4.99. The van der Waals surface area contributed by atoms with E-state index in [-0.39, 0.29) is 5.76 Å². The third kappa shape index (κ3) is 2.24. The number of hydrogen-bond donors (Lipinski definition) is 0. The lowest BCUT2D eigenvalue weighted by molar-refractivity contribution is -0.292. The molecule has 4 nitrogen and oxygen atoms in total. The second-order valence-corrected chi connectivity index (χ2v) is 5.05. The molecule has 0 unspecified atom stereocenters. The fourth-order valence-corrected chi connectivity index (χ4v) is 2.35. The van der Waals surface area contributed by atoms with Crippen LogP contribution in [0.2, 0.25) is 0 Å². The summed E-state index contributed by atoms with van der Waals surface area (Å²) in [5.74, 6) is -1.37. The molecule has 0 saturated carbocycles. The summed E-state index contributed by atoms with van der Waals surface area (Å²) in [6, 6.07) is 2.57. The van der Waals surface area contributed by atoms with E-state index < -0.39 is 29.7 Å². The summed E-state index contributed by atoms with van der Waals surface area (Å²) in [6.45, 7) is 1.51. The maximum Gasteiger partial charge on any atom is 0.443 e. The minimum absolute atomic E-state index is 0.233.